The number of carboxylic acid groups (broad SMARTS) is 1. The lowest BCUT2D eigenvalue weighted by molar-refractivity contribution is -0.143. The summed E-state index contributed by atoms with van der Waals surface area (Å²) >= 11 is 0. The third kappa shape index (κ3) is 2.55. The predicted molar refractivity (Wildman–Crippen MR) is 100 cm³/mol. The van der Waals surface area contributed by atoms with Crippen LogP contribution in [0.3, 0.4) is 0 Å². The number of nitrogens with zero attached hydrogens (tertiary/aromatic N) is 2. The average Bonchev–Trinajstić information content (AvgIpc) is 2.88. The van der Waals surface area contributed by atoms with Gasteiger partial charge in [-0.3, -0.25) is 9.59 Å². The monoisotopic (exact) mass is 388 g/mol. The first-order valence-electron chi connectivity index (χ1n) is 8.82. The minimum atomic E-state index is -3.90. The lowest BCUT2D eigenvalue weighted by Crippen LogP contribution is -2.47. The van der Waals surface area contributed by atoms with E-state index in [2.05, 4.69) is 0 Å². The molecule has 2 aliphatic heterocycles. The minimum absolute atomic E-state index is 0.0411. The Morgan fingerprint density at radius 3 is 2.63 bits per heavy atom. The SMILES string of the molecule is CC1CCC(C(=O)O)CN1S(=O)(=O)c1ccc2c3c(cccc13)C(=O)N2C. The van der Waals surface area contributed by atoms with Crippen molar-refractivity contribution >= 4 is 38.4 Å². The molecule has 0 aromatic heterocycles. The van der Waals surface area contributed by atoms with E-state index in [0.717, 1.165) is 0 Å². The number of carboxylic acids is 1. The van der Waals surface area contributed by atoms with Crippen LogP contribution in [0.15, 0.2) is 35.2 Å². The van der Waals surface area contributed by atoms with E-state index in [1.54, 1.807) is 38.2 Å². The summed E-state index contributed by atoms with van der Waals surface area (Å²) in [6.45, 7) is 1.76. The molecule has 2 unspecified atom stereocenters. The van der Waals surface area contributed by atoms with E-state index >= 15 is 0 Å². The van der Waals surface area contributed by atoms with Gasteiger partial charge in [-0.2, -0.15) is 4.31 Å². The van der Waals surface area contributed by atoms with Crippen LogP contribution in [0.4, 0.5) is 5.69 Å². The number of piperidine rings is 1. The highest BCUT2D eigenvalue weighted by atomic mass is 32.2. The molecule has 0 aliphatic carbocycles. The Kier molecular flexibility index (Phi) is 4.01. The Morgan fingerprint density at radius 1 is 1.19 bits per heavy atom. The van der Waals surface area contributed by atoms with E-state index in [4.69, 9.17) is 0 Å². The minimum Gasteiger partial charge on any atom is -0.481 e. The van der Waals surface area contributed by atoms with E-state index < -0.39 is 21.9 Å². The van der Waals surface area contributed by atoms with Crippen LogP contribution in [0.2, 0.25) is 0 Å². The lowest BCUT2D eigenvalue weighted by atomic mass is 9.96. The summed E-state index contributed by atoms with van der Waals surface area (Å²) in [6.07, 6.45) is 0.963. The van der Waals surface area contributed by atoms with Crippen LogP contribution in [0, 0.1) is 5.92 Å². The zero-order valence-electron chi connectivity index (χ0n) is 15.0. The Balaban J connectivity index is 1.88. The molecule has 0 spiro atoms. The van der Waals surface area contributed by atoms with Gasteiger partial charge < -0.3 is 10.0 Å². The molecule has 27 heavy (non-hydrogen) atoms. The average molecular weight is 388 g/mol. The summed E-state index contributed by atoms with van der Waals surface area (Å²) in [7, 11) is -2.24. The van der Waals surface area contributed by atoms with Crippen molar-refractivity contribution in [1.82, 2.24) is 4.31 Å². The first-order chi connectivity index (χ1) is 12.7. The molecule has 0 bridgehead atoms. The summed E-state index contributed by atoms with van der Waals surface area (Å²) in [4.78, 5) is 25.4. The van der Waals surface area contributed by atoms with E-state index in [1.165, 1.54) is 15.3 Å². The second-order valence-corrected chi connectivity index (χ2v) is 9.07. The summed E-state index contributed by atoms with van der Waals surface area (Å²) < 4.78 is 28.1. The molecule has 4 rings (SSSR count). The quantitative estimate of drug-likeness (QED) is 0.871. The van der Waals surface area contributed by atoms with Crippen molar-refractivity contribution in [3.63, 3.8) is 0 Å². The standard InChI is InChI=1S/C19H20N2O5S/c1-11-6-7-12(19(23)24)10-21(11)27(25,26)16-9-8-15-17-13(16)4-3-5-14(17)18(22)20(15)2/h3-5,8-9,11-12H,6-7,10H2,1-2H3,(H,23,24). The van der Waals surface area contributed by atoms with Gasteiger partial charge in [0.25, 0.3) is 5.91 Å². The molecular formula is C19H20N2O5S. The maximum atomic E-state index is 13.4. The second-order valence-electron chi connectivity index (χ2n) is 7.21. The van der Waals surface area contributed by atoms with Crippen LogP contribution in [0.1, 0.15) is 30.1 Å². The number of carbonyl (C=O) groups excluding carboxylic acids is 1. The van der Waals surface area contributed by atoms with Gasteiger partial charge in [0.05, 0.1) is 16.5 Å². The number of sulfonamides is 1. The van der Waals surface area contributed by atoms with Crippen molar-refractivity contribution in [2.24, 2.45) is 5.92 Å². The Labute approximate surface area is 157 Å². The number of anilines is 1. The van der Waals surface area contributed by atoms with Crippen molar-refractivity contribution < 1.29 is 23.1 Å². The third-order valence-electron chi connectivity index (χ3n) is 5.64. The molecule has 1 N–H and O–H groups in total. The molecule has 1 saturated heterocycles. The summed E-state index contributed by atoms with van der Waals surface area (Å²) in [5.74, 6) is -1.85. The Morgan fingerprint density at radius 2 is 1.93 bits per heavy atom. The predicted octanol–water partition coefficient (Wildman–Crippen LogP) is 2.30. The summed E-state index contributed by atoms with van der Waals surface area (Å²) in [6, 6.07) is 7.95. The van der Waals surface area contributed by atoms with Gasteiger partial charge >= 0.3 is 5.97 Å². The zero-order valence-corrected chi connectivity index (χ0v) is 15.9. The summed E-state index contributed by atoms with van der Waals surface area (Å²) in [5.41, 5.74) is 1.16. The maximum absolute atomic E-state index is 13.4. The van der Waals surface area contributed by atoms with Crippen LogP contribution >= 0.6 is 0 Å². The van der Waals surface area contributed by atoms with Gasteiger partial charge in [0.1, 0.15) is 0 Å². The molecule has 1 amide bonds. The van der Waals surface area contributed by atoms with Gasteiger partial charge in [0.15, 0.2) is 0 Å². The Hall–Kier alpha value is -2.45. The molecule has 0 saturated carbocycles. The van der Waals surface area contributed by atoms with Gasteiger partial charge in [0, 0.05) is 36.0 Å². The van der Waals surface area contributed by atoms with Gasteiger partial charge in [-0.05, 0) is 38.0 Å². The first kappa shape index (κ1) is 17.9. The van der Waals surface area contributed by atoms with Crippen LogP contribution in [-0.2, 0) is 14.8 Å². The van der Waals surface area contributed by atoms with Crippen molar-refractivity contribution in [3.05, 3.63) is 35.9 Å². The smallest absolute Gasteiger partial charge is 0.307 e. The highest BCUT2D eigenvalue weighted by Crippen LogP contribution is 2.40. The van der Waals surface area contributed by atoms with Crippen molar-refractivity contribution in [1.29, 1.82) is 0 Å². The molecular weight excluding hydrogens is 368 g/mol. The van der Waals surface area contributed by atoms with Crippen molar-refractivity contribution in [2.75, 3.05) is 18.5 Å². The molecule has 2 aliphatic rings. The fourth-order valence-electron chi connectivity index (χ4n) is 4.07. The van der Waals surface area contributed by atoms with Gasteiger partial charge in [-0.15, -0.1) is 0 Å². The number of amides is 1. The Bertz CT molecular complexity index is 1080. The highest BCUT2D eigenvalue weighted by molar-refractivity contribution is 7.89. The number of benzene rings is 2. The zero-order chi connectivity index (χ0) is 19.5. The normalized spacial score (nSPS) is 23.2. The molecule has 2 aromatic carbocycles. The first-order valence-corrected chi connectivity index (χ1v) is 10.3. The molecule has 8 heteroatoms. The topological polar surface area (TPSA) is 95.0 Å². The molecule has 2 aromatic rings. The number of hydrogen-bond donors (Lipinski definition) is 1. The van der Waals surface area contributed by atoms with Crippen LogP contribution in [0.5, 0.6) is 0 Å². The van der Waals surface area contributed by atoms with E-state index in [9.17, 15) is 23.1 Å². The molecule has 0 radical (unpaired) electrons. The fourth-order valence-corrected chi connectivity index (χ4v) is 5.97. The van der Waals surface area contributed by atoms with Crippen molar-refractivity contribution in [3.8, 4) is 0 Å². The van der Waals surface area contributed by atoms with E-state index in [-0.39, 0.29) is 23.4 Å². The molecule has 2 heterocycles. The molecule has 2 atom stereocenters. The maximum Gasteiger partial charge on any atom is 0.307 e. The number of carbonyl (C=O) groups is 2. The van der Waals surface area contributed by atoms with E-state index in [0.29, 0.717) is 34.9 Å². The van der Waals surface area contributed by atoms with E-state index in [1.807, 2.05) is 0 Å². The lowest BCUT2D eigenvalue weighted by Gasteiger charge is -2.35. The van der Waals surface area contributed by atoms with Gasteiger partial charge in [-0.1, -0.05) is 12.1 Å². The largest absolute Gasteiger partial charge is 0.481 e. The molecule has 7 nitrogen and oxygen atoms in total. The number of aliphatic carboxylic acids is 1. The van der Waals surface area contributed by atoms with Crippen molar-refractivity contribution in [2.45, 2.75) is 30.7 Å². The van der Waals surface area contributed by atoms with Crippen LogP contribution in [0.25, 0.3) is 10.8 Å². The number of rotatable bonds is 3. The highest BCUT2D eigenvalue weighted by Gasteiger charge is 2.39. The molecule has 1 fully saturated rings. The van der Waals surface area contributed by atoms with Crippen LogP contribution < -0.4 is 4.90 Å². The fraction of sp³-hybridized carbons (Fsp3) is 0.368. The third-order valence-corrected chi connectivity index (χ3v) is 7.67. The second kappa shape index (κ2) is 6.03. The summed E-state index contributed by atoms with van der Waals surface area (Å²) in [5, 5.41) is 10.4. The van der Waals surface area contributed by atoms with Gasteiger partial charge in [-0.25, -0.2) is 8.42 Å². The van der Waals surface area contributed by atoms with Crippen LogP contribution in [-0.4, -0.2) is 49.3 Å². The molecule has 142 valence electrons. The number of hydrogen-bond acceptors (Lipinski definition) is 4. The van der Waals surface area contributed by atoms with Gasteiger partial charge in [0.2, 0.25) is 10.0 Å².